The van der Waals surface area contributed by atoms with Crippen molar-refractivity contribution in [1.82, 2.24) is 4.90 Å². The van der Waals surface area contributed by atoms with Crippen molar-refractivity contribution in [3.8, 4) is 0 Å². The Balaban J connectivity index is 2.13. The number of carbonyl (C=O) groups excluding carboxylic acids is 1. The number of nitrogens with zero attached hydrogens (tertiary/aromatic N) is 2. The number of nitro groups is 1. The van der Waals surface area contributed by atoms with Crippen LogP contribution in [-0.2, 0) is 4.79 Å². The van der Waals surface area contributed by atoms with Crippen molar-refractivity contribution in [3.05, 3.63) is 27.1 Å². The van der Waals surface area contributed by atoms with Gasteiger partial charge in [-0.3, -0.25) is 19.7 Å². The highest BCUT2D eigenvalue weighted by Gasteiger charge is 2.42. The molecule has 0 bridgehead atoms. The second-order valence-electron chi connectivity index (χ2n) is 4.77. The van der Waals surface area contributed by atoms with Crippen molar-refractivity contribution >= 4 is 28.2 Å². The molecule has 19 heavy (non-hydrogen) atoms. The Hall–Kier alpha value is -1.96. The third-order valence-corrected chi connectivity index (χ3v) is 4.17. The molecule has 7 nitrogen and oxygen atoms in total. The molecule has 2 rings (SSSR count). The molecule has 0 saturated carbocycles. The summed E-state index contributed by atoms with van der Waals surface area (Å²) in [7, 11) is 0. The fourth-order valence-electron chi connectivity index (χ4n) is 2.02. The maximum absolute atomic E-state index is 12.1. The summed E-state index contributed by atoms with van der Waals surface area (Å²) in [5, 5.41) is 21.0. The van der Waals surface area contributed by atoms with Gasteiger partial charge in [-0.05, 0) is 13.3 Å². The average Bonchev–Trinajstić information content (AvgIpc) is 2.95. The van der Waals surface area contributed by atoms with Crippen LogP contribution in [0.15, 0.2) is 11.4 Å². The largest absolute Gasteiger partial charge is 0.481 e. The molecule has 0 aliphatic carbocycles. The van der Waals surface area contributed by atoms with Crippen LogP contribution in [0, 0.1) is 15.5 Å². The number of carboxylic acid groups (broad SMARTS) is 1. The Morgan fingerprint density at radius 1 is 1.58 bits per heavy atom. The normalized spacial score (nSPS) is 22.5. The fraction of sp³-hybridized carbons (Fsp3) is 0.455. The summed E-state index contributed by atoms with van der Waals surface area (Å²) in [6.07, 6.45) is 0.389. The molecular weight excluding hydrogens is 272 g/mol. The number of rotatable bonds is 3. The summed E-state index contributed by atoms with van der Waals surface area (Å²) in [6.45, 7) is 2.08. The van der Waals surface area contributed by atoms with Crippen molar-refractivity contribution in [2.24, 2.45) is 5.41 Å². The average molecular weight is 284 g/mol. The SMILES string of the molecule is CC1(C(=O)O)CCN(C(=O)c2csc([N+](=O)[O-])c2)C1. The highest BCUT2D eigenvalue weighted by molar-refractivity contribution is 7.13. The molecule has 8 heteroatoms. The molecule has 1 aromatic heterocycles. The van der Waals surface area contributed by atoms with Gasteiger partial charge in [0.2, 0.25) is 0 Å². The Kier molecular flexibility index (Phi) is 3.27. The van der Waals surface area contributed by atoms with Gasteiger partial charge in [-0.2, -0.15) is 0 Å². The van der Waals surface area contributed by atoms with Gasteiger partial charge in [0.25, 0.3) is 5.91 Å². The lowest BCUT2D eigenvalue weighted by molar-refractivity contribution is -0.380. The van der Waals surface area contributed by atoms with Gasteiger partial charge in [0.05, 0.1) is 15.9 Å². The summed E-state index contributed by atoms with van der Waals surface area (Å²) in [4.78, 5) is 34.7. The number of carbonyl (C=O) groups is 2. The van der Waals surface area contributed by atoms with Gasteiger partial charge in [-0.15, -0.1) is 0 Å². The van der Waals surface area contributed by atoms with E-state index in [1.807, 2.05) is 0 Å². The molecule has 102 valence electrons. The Labute approximate surface area is 112 Å². The maximum atomic E-state index is 12.1. The fourth-order valence-corrected chi connectivity index (χ4v) is 2.72. The number of hydrogen-bond donors (Lipinski definition) is 1. The van der Waals surface area contributed by atoms with Crippen LogP contribution in [0.2, 0.25) is 0 Å². The molecular formula is C11H12N2O5S. The van der Waals surface area contributed by atoms with Crippen molar-refractivity contribution in [2.75, 3.05) is 13.1 Å². The maximum Gasteiger partial charge on any atom is 0.324 e. The summed E-state index contributed by atoms with van der Waals surface area (Å²) >= 11 is 0.888. The molecule has 0 aromatic carbocycles. The Bertz CT molecular complexity index is 555. The van der Waals surface area contributed by atoms with Crippen LogP contribution in [-0.4, -0.2) is 39.9 Å². The predicted molar refractivity (Wildman–Crippen MR) is 67.2 cm³/mol. The Morgan fingerprint density at radius 3 is 2.74 bits per heavy atom. The molecule has 1 aliphatic rings. The van der Waals surface area contributed by atoms with E-state index in [-0.39, 0.29) is 23.0 Å². The van der Waals surface area contributed by atoms with Crippen LogP contribution in [0.4, 0.5) is 5.00 Å². The van der Waals surface area contributed by atoms with E-state index < -0.39 is 16.3 Å². The van der Waals surface area contributed by atoms with E-state index in [2.05, 4.69) is 0 Å². The first-order valence-corrected chi connectivity index (χ1v) is 6.47. The highest BCUT2D eigenvalue weighted by Crippen LogP contribution is 2.32. The van der Waals surface area contributed by atoms with Gasteiger partial charge in [-0.1, -0.05) is 11.3 Å². The zero-order valence-corrected chi connectivity index (χ0v) is 11.0. The van der Waals surface area contributed by atoms with E-state index in [9.17, 15) is 19.7 Å². The van der Waals surface area contributed by atoms with E-state index >= 15 is 0 Å². The molecule has 2 heterocycles. The molecule has 1 saturated heterocycles. The van der Waals surface area contributed by atoms with E-state index in [0.29, 0.717) is 13.0 Å². The second-order valence-corrected chi connectivity index (χ2v) is 5.66. The van der Waals surface area contributed by atoms with E-state index in [4.69, 9.17) is 5.11 Å². The van der Waals surface area contributed by atoms with Gasteiger partial charge in [-0.25, -0.2) is 0 Å². The number of amides is 1. The van der Waals surface area contributed by atoms with Crippen LogP contribution < -0.4 is 0 Å². The minimum Gasteiger partial charge on any atom is -0.481 e. The van der Waals surface area contributed by atoms with Gasteiger partial charge in [0, 0.05) is 24.5 Å². The minimum atomic E-state index is -0.933. The van der Waals surface area contributed by atoms with Crippen molar-refractivity contribution in [2.45, 2.75) is 13.3 Å². The number of thiophene rings is 1. The van der Waals surface area contributed by atoms with Crippen LogP contribution in [0.1, 0.15) is 23.7 Å². The van der Waals surface area contributed by atoms with Gasteiger partial charge in [0.15, 0.2) is 0 Å². The van der Waals surface area contributed by atoms with Crippen molar-refractivity contribution in [3.63, 3.8) is 0 Å². The van der Waals surface area contributed by atoms with Crippen molar-refractivity contribution < 1.29 is 19.6 Å². The molecule has 1 amide bonds. The summed E-state index contributed by atoms with van der Waals surface area (Å²) in [6, 6.07) is 1.23. The molecule has 1 aliphatic heterocycles. The lowest BCUT2D eigenvalue weighted by Gasteiger charge is -2.19. The first-order valence-electron chi connectivity index (χ1n) is 5.59. The van der Waals surface area contributed by atoms with Gasteiger partial charge < -0.3 is 10.0 Å². The first kappa shape index (κ1) is 13.5. The van der Waals surface area contributed by atoms with Crippen LogP contribution in [0.5, 0.6) is 0 Å². The molecule has 1 aromatic rings. The molecule has 1 atom stereocenters. The molecule has 1 fully saturated rings. The van der Waals surface area contributed by atoms with Crippen LogP contribution >= 0.6 is 11.3 Å². The number of aliphatic carboxylic acids is 1. The summed E-state index contributed by atoms with van der Waals surface area (Å²) in [5.41, 5.74) is -0.691. The third-order valence-electron chi connectivity index (χ3n) is 3.29. The smallest absolute Gasteiger partial charge is 0.324 e. The Morgan fingerprint density at radius 2 is 2.26 bits per heavy atom. The van der Waals surface area contributed by atoms with Crippen molar-refractivity contribution in [1.29, 1.82) is 0 Å². The van der Waals surface area contributed by atoms with Crippen LogP contribution in [0.3, 0.4) is 0 Å². The lowest BCUT2D eigenvalue weighted by Crippen LogP contribution is -2.34. The zero-order valence-electron chi connectivity index (χ0n) is 10.2. The molecule has 0 radical (unpaired) electrons. The first-order chi connectivity index (χ1) is 8.83. The third kappa shape index (κ3) is 2.43. The molecule has 1 N–H and O–H groups in total. The van der Waals surface area contributed by atoms with E-state index in [0.717, 1.165) is 11.3 Å². The highest BCUT2D eigenvalue weighted by atomic mass is 32.1. The van der Waals surface area contributed by atoms with Crippen LogP contribution in [0.25, 0.3) is 0 Å². The van der Waals surface area contributed by atoms with E-state index in [1.54, 1.807) is 6.92 Å². The topological polar surface area (TPSA) is 101 Å². The number of likely N-dealkylation sites (tertiary alicyclic amines) is 1. The monoisotopic (exact) mass is 284 g/mol. The van der Waals surface area contributed by atoms with Gasteiger partial charge >= 0.3 is 11.0 Å². The molecule has 0 spiro atoms. The predicted octanol–water partition coefficient (Wildman–Crippen LogP) is 1.59. The standard InChI is InChI=1S/C11H12N2O5S/c1-11(10(15)16)2-3-12(6-11)9(14)7-4-8(13(17)18)19-5-7/h4-5H,2-3,6H2,1H3,(H,15,16). The number of hydrogen-bond acceptors (Lipinski definition) is 5. The molecule has 1 unspecified atom stereocenters. The second kappa shape index (κ2) is 4.61. The minimum absolute atomic E-state index is 0.0939. The quantitative estimate of drug-likeness (QED) is 0.671. The zero-order chi connectivity index (χ0) is 14.2. The number of carboxylic acids is 1. The lowest BCUT2D eigenvalue weighted by atomic mass is 9.90. The summed E-state index contributed by atoms with van der Waals surface area (Å²) in [5.74, 6) is -1.28. The van der Waals surface area contributed by atoms with E-state index in [1.165, 1.54) is 16.3 Å². The van der Waals surface area contributed by atoms with Gasteiger partial charge in [0.1, 0.15) is 0 Å². The summed E-state index contributed by atoms with van der Waals surface area (Å²) < 4.78 is 0.